The molecule has 4 aromatic rings. The van der Waals surface area contributed by atoms with Crippen LogP contribution in [0.4, 0.5) is 0 Å². The summed E-state index contributed by atoms with van der Waals surface area (Å²) in [5, 5.41) is 24.2. The van der Waals surface area contributed by atoms with Gasteiger partial charge < -0.3 is 9.84 Å². The van der Waals surface area contributed by atoms with Gasteiger partial charge in [0.2, 0.25) is 0 Å². The summed E-state index contributed by atoms with van der Waals surface area (Å²) in [4.78, 5) is 12.5. The Morgan fingerprint density at radius 3 is 2.67 bits per heavy atom. The molecule has 0 atom stereocenters. The molecule has 0 bridgehead atoms. The van der Waals surface area contributed by atoms with Crippen molar-refractivity contribution in [2.24, 2.45) is 5.10 Å². The molecule has 0 aliphatic carbocycles. The maximum absolute atomic E-state index is 12.5. The summed E-state index contributed by atoms with van der Waals surface area (Å²) < 4.78 is 8.65. The largest absolute Gasteiger partial charge is 0.871 e. The van der Waals surface area contributed by atoms with E-state index in [1.54, 1.807) is 12.1 Å². The van der Waals surface area contributed by atoms with Gasteiger partial charge in [-0.05, 0) is 72.8 Å². The van der Waals surface area contributed by atoms with Crippen LogP contribution >= 0.6 is 43.6 Å². The quantitative estimate of drug-likeness (QED) is 0.122. The maximum Gasteiger partial charge on any atom is 0.342 e. The van der Waals surface area contributed by atoms with Gasteiger partial charge in [-0.3, -0.25) is 4.79 Å². The third-order valence-corrected chi connectivity index (χ3v) is 6.87. The average Bonchev–Trinajstić information content (AvgIpc) is 3.31. The van der Waals surface area contributed by atoms with Gasteiger partial charge in [-0.15, -0.1) is 5.10 Å². The molecule has 0 aliphatic heterocycles. The van der Waals surface area contributed by atoms with E-state index in [1.165, 1.54) is 18.0 Å². The van der Waals surface area contributed by atoms with Crippen LogP contribution in [0, 0.1) is 0 Å². The molecular formula is C25H21Br2N5O3S. The molecule has 0 aliphatic rings. The van der Waals surface area contributed by atoms with Crippen molar-refractivity contribution in [1.29, 1.82) is 0 Å². The van der Waals surface area contributed by atoms with Gasteiger partial charge in [0, 0.05) is 8.95 Å². The summed E-state index contributed by atoms with van der Waals surface area (Å²) in [6, 6.07) is 20.8. The van der Waals surface area contributed by atoms with Crippen LogP contribution in [0.1, 0.15) is 12.5 Å². The third kappa shape index (κ3) is 6.34. The zero-order valence-electron chi connectivity index (χ0n) is 19.1. The monoisotopic (exact) mass is 629 g/mol. The van der Waals surface area contributed by atoms with Crippen LogP contribution in [0.2, 0.25) is 0 Å². The van der Waals surface area contributed by atoms with Gasteiger partial charge in [-0.1, -0.05) is 55.8 Å². The molecule has 0 fully saturated rings. The van der Waals surface area contributed by atoms with Gasteiger partial charge in [0.05, 0.1) is 29.2 Å². The number of H-pyrrole nitrogens is 1. The number of carbonyl (C=O) groups is 1. The Labute approximate surface area is 229 Å². The number of hydrazone groups is 1. The van der Waals surface area contributed by atoms with Crippen molar-refractivity contribution in [3.63, 3.8) is 0 Å². The zero-order chi connectivity index (χ0) is 25.5. The molecule has 11 heteroatoms. The Morgan fingerprint density at radius 2 is 1.94 bits per heavy atom. The Balaban J connectivity index is 1.51. The fourth-order valence-electron chi connectivity index (χ4n) is 3.29. The fourth-order valence-corrected chi connectivity index (χ4v) is 5.31. The molecular weight excluding hydrogens is 610 g/mol. The van der Waals surface area contributed by atoms with Gasteiger partial charge in [0.1, 0.15) is 11.4 Å². The highest BCUT2D eigenvalue weighted by Gasteiger charge is 2.24. The summed E-state index contributed by atoms with van der Waals surface area (Å²) in [7, 11) is 0. The van der Waals surface area contributed by atoms with Crippen molar-refractivity contribution in [1.82, 2.24) is 15.6 Å². The minimum absolute atomic E-state index is 0.0693. The highest BCUT2D eigenvalue weighted by Crippen LogP contribution is 2.28. The van der Waals surface area contributed by atoms with Crippen molar-refractivity contribution in [3.05, 3.63) is 81.2 Å². The number of nitrogens with one attached hydrogen (secondary N) is 2. The number of ether oxygens (including phenoxy) is 1. The number of aromatic amines is 1. The molecule has 1 amide bonds. The predicted octanol–water partition coefficient (Wildman–Crippen LogP) is 4.59. The molecule has 1 heterocycles. The van der Waals surface area contributed by atoms with E-state index in [9.17, 15) is 9.90 Å². The molecule has 3 aromatic carbocycles. The van der Waals surface area contributed by atoms with Crippen LogP contribution in [0.5, 0.6) is 11.5 Å². The van der Waals surface area contributed by atoms with Crippen LogP contribution in [-0.4, -0.2) is 34.7 Å². The second kappa shape index (κ2) is 12.2. The second-order valence-corrected chi connectivity index (χ2v) is 10.1. The lowest BCUT2D eigenvalue weighted by Crippen LogP contribution is -2.34. The number of carbonyl (C=O) groups excluding carboxylic acids is 1. The summed E-state index contributed by atoms with van der Waals surface area (Å²) in [6.07, 6.45) is 1.32. The Morgan fingerprint density at radius 1 is 1.19 bits per heavy atom. The third-order valence-electron chi connectivity index (χ3n) is 4.89. The first-order chi connectivity index (χ1) is 17.5. The van der Waals surface area contributed by atoms with E-state index in [1.807, 2.05) is 66.1 Å². The topological polar surface area (TPSA) is 106 Å². The Hall–Kier alpha value is -3.15. The normalized spacial score (nSPS) is 11.1. The van der Waals surface area contributed by atoms with Crippen molar-refractivity contribution in [2.45, 2.75) is 12.1 Å². The minimum Gasteiger partial charge on any atom is -0.871 e. The number of benzene rings is 3. The van der Waals surface area contributed by atoms with E-state index in [0.29, 0.717) is 21.8 Å². The van der Waals surface area contributed by atoms with E-state index in [0.717, 1.165) is 27.3 Å². The number of hydrogen-bond acceptors (Lipinski definition) is 6. The predicted molar refractivity (Wildman–Crippen MR) is 144 cm³/mol. The molecule has 8 nitrogen and oxygen atoms in total. The molecule has 36 heavy (non-hydrogen) atoms. The molecule has 0 unspecified atom stereocenters. The molecule has 0 saturated heterocycles. The zero-order valence-corrected chi connectivity index (χ0v) is 23.1. The number of hydrogen-bond donors (Lipinski definition) is 2. The molecule has 0 radical (unpaired) electrons. The minimum atomic E-state index is -0.333. The van der Waals surface area contributed by atoms with Crippen LogP contribution in [-0.2, 0) is 4.79 Å². The Kier molecular flexibility index (Phi) is 8.79. The first kappa shape index (κ1) is 25.9. The lowest BCUT2D eigenvalue weighted by molar-refractivity contribution is -0.625. The van der Waals surface area contributed by atoms with Crippen LogP contribution in [0.25, 0.3) is 17.1 Å². The van der Waals surface area contributed by atoms with Gasteiger partial charge in [-0.2, -0.15) is 9.67 Å². The number of aromatic nitrogens is 3. The van der Waals surface area contributed by atoms with Crippen LogP contribution in [0.3, 0.4) is 0 Å². The average molecular weight is 631 g/mol. The van der Waals surface area contributed by atoms with E-state index in [4.69, 9.17) is 4.74 Å². The molecule has 4 rings (SSSR count). The standard InChI is InChI=1S/C25H21Br2N5O3S/c1-2-35-20-10-8-19(9-11-20)32-24(16-6-4-3-5-7-16)30-31-25(32)36-15-22(33)29-28-14-17-12-18(26)13-21(27)23(17)34/h3-14H,2,15H2,1H3,(H2,28,29,33,34). The fraction of sp³-hybridized carbons (Fsp3) is 0.120. The van der Waals surface area contributed by atoms with E-state index >= 15 is 0 Å². The summed E-state index contributed by atoms with van der Waals surface area (Å²) in [5.74, 6) is 1.08. The van der Waals surface area contributed by atoms with Gasteiger partial charge in [0.15, 0.2) is 0 Å². The summed E-state index contributed by atoms with van der Waals surface area (Å²) >= 11 is 7.81. The van der Waals surface area contributed by atoms with Gasteiger partial charge in [-0.25, -0.2) is 5.43 Å². The second-order valence-electron chi connectivity index (χ2n) is 7.37. The summed E-state index contributed by atoms with van der Waals surface area (Å²) in [6.45, 7) is 2.52. The molecule has 0 saturated carbocycles. The van der Waals surface area contributed by atoms with E-state index in [-0.39, 0.29) is 17.4 Å². The van der Waals surface area contributed by atoms with Crippen molar-refractivity contribution < 1.29 is 19.2 Å². The van der Waals surface area contributed by atoms with Crippen LogP contribution < -0.4 is 19.8 Å². The molecule has 184 valence electrons. The first-order valence-electron chi connectivity index (χ1n) is 10.9. The first-order valence-corrected chi connectivity index (χ1v) is 13.4. The van der Waals surface area contributed by atoms with Crippen molar-refractivity contribution in [2.75, 3.05) is 12.4 Å². The van der Waals surface area contributed by atoms with E-state index in [2.05, 4.69) is 52.6 Å². The van der Waals surface area contributed by atoms with Crippen molar-refractivity contribution >= 4 is 55.7 Å². The Bertz CT molecular complexity index is 1380. The highest BCUT2D eigenvalue weighted by molar-refractivity contribution is 9.11. The summed E-state index contributed by atoms with van der Waals surface area (Å²) in [5.41, 5.74) is 4.63. The lowest BCUT2D eigenvalue weighted by atomic mass is 10.2. The number of thioether (sulfide) groups is 1. The lowest BCUT2D eigenvalue weighted by Gasteiger charge is -2.12. The van der Waals surface area contributed by atoms with Crippen molar-refractivity contribution in [3.8, 4) is 28.6 Å². The molecule has 1 aromatic heterocycles. The SMILES string of the molecule is CCOc1ccc(-[n+]2c(SCC(=O)NN=Cc3cc(Br)cc(Br)c3[O-])n[nH]c2-c2ccccc2)cc1. The van der Waals surface area contributed by atoms with E-state index < -0.39 is 0 Å². The highest BCUT2D eigenvalue weighted by atomic mass is 79.9. The number of rotatable bonds is 9. The maximum atomic E-state index is 12.5. The smallest absolute Gasteiger partial charge is 0.342 e. The van der Waals surface area contributed by atoms with Crippen LogP contribution in [0.15, 0.2) is 85.9 Å². The van der Waals surface area contributed by atoms with Gasteiger partial charge in [0.25, 0.3) is 11.7 Å². The number of halogens is 2. The molecule has 0 spiro atoms. The molecule has 2 N–H and O–H groups in total. The number of amides is 1. The van der Waals surface area contributed by atoms with Gasteiger partial charge >= 0.3 is 5.16 Å². The number of nitrogens with zero attached hydrogens (tertiary/aromatic N) is 3.